The molecule has 1 aliphatic carbocycles. The van der Waals surface area contributed by atoms with E-state index in [2.05, 4.69) is 20.7 Å². The lowest BCUT2D eigenvalue weighted by atomic mass is 9.85. The molecule has 20 heavy (non-hydrogen) atoms. The Bertz CT molecular complexity index is 580. The summed E-state index contributed by atoms with van der Waals surface area (Å²) in [6.45, 7) is 0.440. The normalized spacial score (nSPS) is 23.8. The number of nitrogens with one attached hydrogen (secondary N) is 1. The molecule has 2 atom stereocenters. The molecule has 0 heterocycles. The molecule has 1 aliphatic rings. The van der Waals surface area contributed by atoms with Gasteiger partial charge in [-0.3, -0.25) is 0 Å². The average molecular weight is 365 g/mol. The molecule has 0 amide bonds. The Labute approximate surface area is 127 Å². The quantitative estimate of drug-likeness (QED) is 0.861. The predicted octanol–water partition coefficient (Wildman–Crippen LogP) is 2.38. The molecule has 0 spiro atoms. The molecule has 7 heteroatoms. The van der Waals surface area contributed by atoms with Gasteiger partial charge in [0, 0.05) is 10.5 Å². The zero-order valence-electron chi connectivity index (χ0n) is 11.0. The molecular weight excluding hydrogens is 347 g/mol. The van der Waals surface area contributed by atoms with Crippen LogP contribution in [0.4, 0.5) is 4.39 Å². The van der Waals surface area contributed by atoms with Gasteiger partial charge in [0.2, 0.25) is 10.0 Å². The van der Waals surface area contributed by atoms with Crippen molar-refractivity contribution in [1.82, 2.24) is 4.72 Å². The first-order valence-electron chi connectivity index (χ1n) is 6.61. The molecule has 4 nitrogen and oxygen atoms in total. The summed E-state index contributed by atoms with van der Waals surface area (Å²) < 4.78 is 41.5. The lowest BCUT2D eigenvalue weighted by Gasteiger charge is -2.31. The van der Waals surface area contributed by atoms with Crippen LogP contribution < -0.4 is 10.5 Å². The molecule has 3 N–H and O–H groups in total. The maximum Gasteiger partial charge on any atom is 0.243 e. The minimum absolute atomic E-state index is 0.122. The van der Waals surface area contributed by atoms with Gasteiger partial charge in [-0.2, -0.15) is 0 Å². The number of nitrogens with two attached hydrogens (primary N) is 1. The van der Waals surface area contributed by atoms with Crippen molar-refractivity contribution in [2.24, 2.45) is 11.7 Å². The largest absolute Gasteiger partial charge is 0.330 e. The van der Waals surface area contributed by atoms with Crippen molar-refractivity contribution < 1.29 is 12.8 Å². The fraction of sp³-hybridized carbons (Fsp3) is 0.538. The molecule has 0 aromatic heterocycles. The van der Waals surface area contributed by atoms with Crippen LogP contribution in [0.2, 0.25) is 0 Å². The van der Waals surface area contributed by atoms with Crippen LogP contribution in [0, 0.1) is 11.7 Å². The van der Waals surface area contributed by atoms with Crippen molar-refractivity contribution in [1.29, 1.82) is 0 Å². The van der Waals surface area contributed by atoms with Crippen molar-refractivity contribution >= 4 is 26.0 Å². The summed E-state index contributed by atoms with van der Waals surface area (Å²) in [5.74, 6) is -0.635. The topological polar surface area (TPSA) is 72.2 Å². The second-order valence-electron chi connectivity index (χ2n) is 5.08. The average Bonchev–Trinajstić information content (AvgIpc) is 2.38. The summed E-state index contributed by atoms with van der Waals surface area (Å²) in [7, 11) is -3.85. The highest BCUT2D eigenvalue weighted by Crippen LogP contribution is 2.26. The predicted molar refractivity (Wildman–Crippen MR) is 79.2 cm³/mol. The molecule has 0 bridgehead atoms. The molecule has 1 aromatic carbocycles. The van der Waals surface area contributed by atoms with Crippen LogP contribution in [0.3, 0.4) is 0 Å². The maximum atomic E-state index is 13.8. The van der Waals surface area contributed by atoms with E-state index in [0.29, 0.717) is 11.0 Å². The van der Waals surface area contributed by atoms with Crippen LogP contribution in [-0.2, 0) is 10.0 Å². The highest BCUT2D eigenvalue weighted by Gasteiger charge is 2.29. The number of hydrogen-bond donors (Lipinski definition) is 2. The molecule has 1 aromatic rings. The Morgan fingerprint density at radius 2 is 2.05 bits per heavy atom. The lowest BCUT2D eigenvalue weighted by molar-refractivity contribution is 0.296. The number of halogens is 2. The van der Waals surface area contributed by atoms with Gasteiger partial charge in [-0.05, 0) is 43.5 Å². The highest BCUT2D eigenvalue weighted by atomic mass is 79.9. The third-order valence-electron chi connectivity index (χ3n) is 3.70. The van der Waals surface area contributed by atoms with E-state index in [0.717, 1.165) is 31.7 Å². The summed E-state index contributed by atoms with van der Waals surface area (Å²) in [6.07, 6.45) is 3.69. The minimum atomic E-state index is -3.85. The van der Waals surface area contributed by atoms with Crippen LogP contribution in [0.15, 0.2) is 27.6 Å². The first-order valence-corrected chi connectivity index (χ1v) is 8.89. The first kappa shape index (κ1) is 15.9. The van der Waals surface area contributed by atoms with E-state index in [-0.39, 0.29) is 16.9 Å². The molecule has 0 saturated heterocycles. The Balaban J connectivity index is 2.22. The molecule has 2 unspecified atom stereocenters. The van der Waals surface area contributed by atoms with E-state index in [1.165, 1.54) is 12.1 Å². The molecule has 0 radical (unpaired) electrons. The van der Waals surface area contributed by atoms with Crippen molar-refractivity contribution in [2.45, 2.75) is 36.6 Å². The van der Waals surface area contributed by atoms with E-state index in [1.807, 2.05) is 0 Å². The van der Waals surface area contributed by atoms with Gasteiger partial charge < -0.3 is 5.73 Å². The second kappa shape index (κ2) is 6.51. The monoisotopic (exact) mass is 364 g/mol. The Hall–Kier alpha value is -0.500. The fourth-order valence-electron chi connectivity index (χ4n) is 2.60. The summed E-state index contributed by atoms with van der Waals surface area (Å²) >= 11 is 3.11. The summed E-state index contributed by atoms with van der Waals surface area (Å²) in [5, 5.41) is 0. The zero-order valence-corrected chi connectivity index (χ0v) is 13.4. The smallest absolute Gasteiger partial charge is 0.243 e. The fourth-order valence-corrected chi connectivity index (χ4v) is 4.33. The van der Waals surface area contributed by atoms with E-state index in [4.69, 9.17) is 5.73 Å². The van der Waals surface area contributed by atoms with E-state index in [1.54, 1.807) is 0 Å². The first-order chi connectivity index (χ1) is 9.44. The van der Waals surface area contributed by atoms with Crippen molar-refractivity contribution in [2.75, 3.05) is 6.54 Å². The molecule has 0 aliphatic heterocycles. The van der Waals surface area contributed by atoms with Gasteiger partial charge in [0.05, 0.1) is 0 Å². The standard InChI is InChI=1S/C13H18BrFN2O2S/c14-10-5-6-13(11(15)7-10)20(18,19)17-12-4-2-1-3-9(12)8-16/h5-7,9,12,17H,1-4,8,16H2. The minimum Gasteiger partial charge on any atom is -0.330 e. The molecule has 112 valence electrons. The third kappa shape index (κ3) is 3.58. The van der Waals surface area contributed by atoms with Crippen LogP contribution in [0.1, 0.15) is 25.7 Å². The SMILES string of the molecule is NCC1CCCCC1NS(=O)(=O)c1ccc(Br)cc1F. The van der Waals surface area contributed by atoms with Gasteiger partial charge in [-0.1, -0.05) is 28.8 Å². The Morgan fingerprint density at radius 1 is 1.35 bits per heavy atom. The maximum absolute atomic E-state index is 13.8. The third-order valence-corrected chi connectivity index (χ3v) is 5.72. The van der Waals surface area contributed by atoms with Gasteiger partial charge in [0.15, 0.2) is 0 Å². The lowest BCUT2D eigenvalue weighted by Crippen LogP contribution is -2.44. The number of hydrogen-bond acceptors (Lipinski definition) is 3. The molecule has 1 saturated carbocycles. The Morgan fingerprint density at radius 3 is 2.70 bits per heavy atom. The highest BCUT2D eigenvalue weighted by molar-refractivity contribution is 9.10. The van der Waals surface area contributed by atoms with Crippen LogP contribution in [0.25, 0.3) is 0 Å². The van der Waals surface area contributed by atoms with Gasteiger partial charge in [0.25, 0.3) is 0 Å². The zero-order chi connectivity index (χ0) is 14.8. The second-order valence-corrected chi connectivity index (χ2v) is 7.68. The van der Waals surface area contributed by atoms with Gasteiger partial charge in [-0.25, -0.2) is 17.5 Å². The molecular formula is C13H18BrFN2O2S. The van der Waals surface area contributed by atoms with Crippen LogP contribution >= 0.6 is 15.9 Å². The van der Waals surface area contributed by atoms with Gasteiger partial charge >= 0.3 is 0 Å². The number of benzene rings is 1. The van der Waals surface area contributed by atoms with E-state index in [9.17, 15) is 12.8 Å². The number of sulfonamides is 1. The molecule has 1 fully saturated rings. The molecule has 2 rings (SSSR count). The number of rotatable bonds is 4. The Kier molecular flexibility index (Phi) is 5.17. The van der Waals surface area contributed by atoms with Crippen LogP contribution in [-0.4, -0.2) is 21.0 Å². The summed E-state index contributed by atoms with van der Waals surface area (Å²) in [4.78, 5) is -0.318. The van der Waals surface area contributed by atoms with Crippen molar-refractivity contribution in [3.05, 3.63) is 28.5 Å². The van der Waals surface area contributed by atoms with Gasteiger partial charge in [0.1, 0.15) is 10.7 Å². The van der Waals surface area contributed by atoms with Crippen molar-refractivity contribution in [3.8, 4) is 0 Å². The van der Waals surface area contributed by atoms with Gasteiger partial charge in [-0.15, -0.1) is 0 Å². The van der Waals surface area contributed by atoms with E-state index >= 15 is 0 Å². The van der Waals surface area contributed by atoms with E-state index < -0.39 is 15.8 Å². The summed E-state index contributed by atoms with van der Waals surface area (Å²) in [6, 6.07) is 3.72. The summed E-state index contributed by atoms with van der Waals surface area (Å²) in [5.41, 5.74) is 5.69. The van der Waals surface area contributed by atoms with Crippen molar-refractivity contribution in [3.63, 3.8) is 0 Å². The van der Waals surface area contributed by atoms with Crippen LogP contribution in [0.5, 0.6) is 0 Å².